The molecule has 1 aliphatic rings. The summed E-state index contributed by atoms with van der Waals surface area (Å²) < 4.78 is 7.05. The molecule has 2 N–H and O–H groups in total. The molecule has 8 nitrogen and oxygen atoms in total. The summed E-state index contributed by atoms with van der Waals surface area (Å²) >= 11 is 0. The Labute approximate surface area is 138 Å². The van der Waals surface area contributed by atoms with E-state index in [4.69, 9.17) is 4.52 Å². The van der Waals surface area contributed by atoms with Gasteiger partial charge in [-0.2, -0.15) is 5.10 Å². The van der Waals surface area contributed by atoms with E-state index in [1.165, 1.54) is 0 Å². The van der Waals surface area contributed by atoms with Crippen molar-refractivity contribution in [2.75, 3.05) is 10.6 Å². The van der Waals surface area contributed by atoms with Crippen molar-refractivity contribution in [3.63, 3.8) is 0 Å². The van der Waals surface area contributed by atoms with Gasteiger partial charge in [0.05, 0.1) is 17.6 Å². The third-order valence-electron chi connectivity index (χ3n) is 4.20. The zero-order valence-corrected chi connectivity index (χ0v) is 13.8. The van der Waals surface area contributed by atoms with E-state index in [1.807, 2.05) is 27.0 Å². The Morgan fingerprint density at radius 1 is 1.29 bits per heavy atom. The number of carbonyl (C=O) groups excluding carboxylic acids is 1. The van der Waals surface area contributed by atoms with E-state index in [0.717, 1.165) is 35.3 Å². The maximum Gasteiger partial charge on any atom is 0.323 e. The molecule has 0 bridgehead atoms. The first-order chi connectivity index (χ1) is 11.5. The highest BCUT2D eigenvalue weighted by Gasteiger charge is 2.32. The second-order valence-electron chi connectivity index (χ2n) is 6.16. The van der Waals surface area contributed by atoms with Crippen LogP contribution in [-0.2, 0) is 7.05 Å². The van der Waals surface area contributed by atoms with Crippen molar-refractivity contribution in [3.05, 3.63) is 29.4 Å². The van der Waals surface area contributed by atoms with Crippen LogP contribution in [0.4, 0.5) is 16.2 Å². The summed E-state index contributed by atoms with van der Waals surface area (Å²) in [5, 5.41) is 14.8. The molecule has 24 heavy (non-hydrogen) atoms. The van der Waals surface area contributed by atoms with E-state index >= 15 is 0 Å². The number of aryl methyl sites for hydroxylation is 3. The lowest BCUT2D eigenvalue weighted by atomic mass is 10.2. The fraction of sp³-hybridized carbons (Fsp3) is 0.375. The molecule has 1 fully saturated rings. The van der Waals surface area contributed by atoms with Crippen molar-refractivity contribution in [1.29, 1.82) is 0 Å². The van der Waals surface area contributed by atoms with Crippen LogP contribution in [0.2, 0.25) is 0 Å². The molecule has 0 unspecified atom stereocenters. The minimum Gasteiger partial charge on any atom is -0.359 e. The number of hydrogen-bond donors (Lipinski definition) is 2. The van der Waals surface area contributed by atoms with E-state index in [9.17, 15) is 4.79 Å². The predicted octanol–water partition coefficient (Wildman–Crippen LogP) is 3.09. The third-order valence-corrected chi connectivity index (χ3v) is 4.20. The number of urea groups is 1. The average Bonchev–Trinajstić information content (AvgIpc) is 3.27. The van der Waals surface area contributed by atoms with Crippen LogP contribution >= 0.6 is 0 Å². The van der Waals surface area contributed by atoms with E-state index in [-0.39, 0.29) is 6.03 Å². The molecule has 0 aromatic carbocycles. The van der Waals surface area contributed by atoms with E-state index in [2.05, 4.69) is 25.9 Å². The van der Waals surface area contributed by atoms with Gasteiger partial charge in [-0.1, -0.05) is 5.16 Å². The lowest BCUT2D eigenvalue weighted by molar-refractivity contribution is 0.262. The fourth-order valence-corrected chi connectivity index (χ4v) is 2.82. The second-order valence-corrected chi connectivity index (χ2v) is 6.16. The fourth-order valence-electron chi connectivity index (χ4n) is 2.82. The number of amides is 2. The number of anilines is 2. The molecule has 0 aliphatic heterocycles. The number of fused-ring (bicyclic) bond motifs is 1. The second kappa shape index (κ2) is 5.33. The average molecular weight is 326 g/mol. The monoisotopic (exact) mass is 326 g/mol. The highest BCUT2D eigenvalue weighted by atomic mass is 16.5. The lowest BCUT2D eigenvalue weighted by Crippen LogP contribution is -2.20. The summed E-state index contributed by atoms with van der Waals surface area (Å²) in [6, 6.07) is 1.53. The number of nitrogens with zero attached hydrogens (tertiary/aromatic N) is 4. The van der Waals surface area contributed by atoms with Crippen LogP contribution in [-0.4, -0.2) is 26.0 Å². The van der Waals surface area contributed by atoms with Gasteiger partial charge in [0, 0.05) is 18.4 Å². The molecule has 1 saturated carbocycles. The maximum absolute atomic E-state index is 12.3. The lowest BCUT2D eigenvalue weighted by Gasteiger charge is -2.07. The van der Waals surface area contributed by atoms with Gasteiger partial charge in [-0.3, -0.25) is 4.68 Å². The normalized spacial score (nSPS) is 14.1. The van der Waals surface area contributed by atoms with Crippen molar-refractivity contribution in [2.45, 2.75) is 32.6 Å². The molecule has 1 aliphatic carbocycles. The Morgan fingerprint density at radius 3 is 2.83 bits per heavy atom. The van der Waals surface area contributed by atoms with Gasteiger partial charge in [-0.25, -0.2) is 9.78 Å². The zero-order valence-electron chi connectivity index (χ0n) is 13.8. The highest BCUT2D eigenvalue weighted by molar-refractivity contribution is 6.01. The van der Waals surface area contributed by atoms with Crippen molar-refractivity contribution in [2.24, 2.45) is 7.05 Å². The van der Waals surface area contributed by atoms with Crippen LogP contribution in [0, 0.1) is 13.8 Å². The van der Waals surface area contributed by atoms with Gasteiger partial charge in [0.1, 0.15) is 11.4 Å². The molecule has 124 valence electrons. The third kappa shape index (κ3) is 2.49. The SMILES string of the molecule is Cc1noc(C2CC2)c1NC(=O)Nc1cnc2c(c1)c(C)nn2C. The van der Waals surface area contributed by atoms with Crippen molar-refractivity contribution >= 4 is 28.4 Å². The van der Waals surface area contributed by atoms with Gasteiger partial charge in [-0.15, -0.1) is 0 Å². The number of hydrogen-bond acceptors (Lipinski definition) is 5. The van der Waals surface area contributed by atoms with Crippen LogP contribution in [0.5, 0.6) is 0 Å². The molecule has 0 atom stereocenters. The number of rotatable bonds is 3. The van der Waals surface area contributed by atoms with Crippen LogP contribution in [0.25, 0.3) is 11.0 Å². The molecule has 0 radical (unpaired) electrons. The van der Waals surface area contributed by atoms with E-state index in [1.54, 1.807) is 10.9 Å². The predicted molar refractivity (Wildman–Crippen MR) is 89.1 cm³/mol. The summed E-state index contributed by atoms with van der Waals surface area (Å²) in [7, 11) is 1.84. The summed E-state index contributed by atoms with van der Waals surface area (Å²) in [6.45, 7) is 3.73. The Kier molecular flexibility index (Phi) is 3.26. The van der Waals surface area contributed by atoms with Gasteiger partial charge < -0.3 is 15.2 Å². The number of nitrogens with one attached hydrogen (secondary N) is 2. The summed E-state index contributed by atoms with van der Waals surface area (Å²) in [6.07, 6.45) is 3.77. The van der Waals surface area contributed by atoms with Gasteiger partial charge in [-0.05, 0) is 32.8 Å². The Balaban J connectivity index is 1.54. The molecular weight excluding hydrogens is 308 g/mol. The van der Waals surface area contributed by atoms with Gasteiger partial charge in [0.15, 0.2) is 11.4 Å². The minimum absolute atomic E-state index is 0.342. The van der Waals surface area contributed by atoms with Crippen molar-refractivity contribution < 1.29 is 9.32 Å². The molecule has 3 heterocycles. The molecule has 3 aromatic rings. The van der Waals surface area contributed by atoms with E-state index < -0.39 is 0 Å². The van der Waals surface area contributed by atoms with Crippen LogP contribution in [0.15, 0.2) is 16.8 Å². The zero-order chi connectivity index (χ0) is 16.8. The standard InChI is InChI=1S/C16H18N6O2/c1-8-12-6-11(7-17-15(12)22(3)20-8)18-16(23)19-13-9(2)21-24-14(13)10-4-5-10/h6-7,10H,4-5H2,1-3H3,(H2,18,19,23). The molecule has 0 saturated heterocycles. The number of aromatic nitrogens is 4. The quantitative estimate of drug-likeness (QED) is 0.770. The Bertz CT molecular complexity index is 938. The molecule has 4 rings (SSSR count). The number of carbonyl (C=O) groups is 1. The first kappa shape index (κ1) is 14.7. The Hall–Kier alpha value is -2.90. The number of pyridine rings is 1. The molecular formula is C16H18N6O2. The maximum atomic E-state index is 12.3. The van der Waals surface area contributed by atoms with Gasteiger partial charge in [0.2, 0.25) is 0 Å². The van der Waals surface area contributed by atoms with Crippen LogP contribution < -0.4 is 10.6 Å². The highest BCUT2D eigenvalue weighted by Crippen LogP contribution is 2.44. The van der Waals surface area contributed by atoms with Crippen molar-refractivity contribution in [1.82, 2.24) is 19.9 Å². The molecule has 8 heteroatoms. The van der Waals surface area contributed by atoms with Gasteiger partial charge >= 0.3 is 6.03 Å². The summed E-state index contributed by atoms with van der Waals surface area (Å²) in [5.41, 5.74) is 3.61. The van der Waals surface area contributed by atoms with Crippen molar-refractivity contribution in [3.8, 4) is 0 Å². The van der Waals surface area contributed by atoms with Crippen LogP contribution in [0.1, 0.15) is 35.9 Å². The first-order valence-corrected chi connectivity index (χ1v) is 7.86. The van der Waals surface area contributed by atoms with Gasteiger partial charge in [0.25, 0.3) is 0 Å². The minimum atomic E-state index is -0.342. The summed E-state index contributed by atoms with van der Waals surface area (Å²) in [5.74, 6) is 1.14. The molecule has 0 spiro atoms. The molecule has 3 aromatic heterocycles. The Morgan fingerprint density at radius 2 is 2.08 bits per heavy atom. The van der Waals surface area contributed by atoms with E-state index in [0.29, 0.717) is 23.0 Å². The topological polar surface area (TPSA) is 97.9 Å². The summed E-state index contributed by atoms with van der Waals surface area (Å²) in [4.78, 5) is 16.7. The smallest absolute Gasteiger partial charge is 0.323 e. The van der Waals surface area contributed by atoms with Crippen LogP contribution in [0.3, 0.4) is 0 Å². The largest absolute Gasteiger partial charge is 0.359 e. The first-order valence-electron chi connectivity index (χ1n) is 7.86. The molecule has 2 amide bonds.